The van der Waals surface area contributed by atoms with E-state index < -0.39 is 5.41 Å². The van der Waals surface area contributed by atoms with E-state index >= 15 is 0 Å². The second-order valence-electron chi connectivity index (χ2n) is 13.7. The number of aldehydes is 1. The van der Waals surface area contributed by atoms with Crippen LogP contribution in [0.2, 0.25) is 0 Å². The lowest BCUT2D eigenvalue weighted by Gasteiger charge is -2.33. The van der Waals surface area contributed by atoms with Crippen molar-refractivity contribution >= 4 is 52.4 Å². The van der Waals surface area contributed by atoms with Crippen LogP contribution in [0.4, 0.5) is 0 Å². The van der Waals surface area contributed by atoms with Crippen LogP contribution in [0.1, 0.15) is 63.7 Å². The number of carbonyl (C=O) groups excluding carboxylic acids is 2. The first-order valence-electron chi connectivity index (χ1n) is 17.8. The molecular formula is C49H40N2O2S2. The predicted molar refractivity (Wildman–Crippen MR) is 234 cm³/mol. The Morgan fingerprint density at radius 2 is 1.58 bits per heavy atom. The summed E-state index contributed by atoms with van der Waals surface area (Å²) in [6.45, 7) is 19.4. The van der Waals surface area contributed by atoms with Gasteiger partial charge in [-0.3, -0.25) is 9.59 Å². The number of fused-ring (bicyclic) bond motifs is 7. The minimum atomic E-state index is -0.784. The van der Waals surface area contributed by atoms with Crippen LogP contribution in [0, 0.1) is 0 Å². The number of benzene rings is 2. The van der Waals surface area contributed by atoms with Crippen LogP contribution in [0.3, 0.4) is 0 Å². The number of hydrogen-bond acceptors (Lipinski definition) is 5. The van der Waals surface area contributed by atoms with Crippen LogP contribution in [-0.4, -0.2) is 18.4 Å². The average molecular weight is 753 g/mol. The Balaban J connectivity index is 1.47. The molecule has 0 saturated carbocycles. The summed E-state index contributed by atoms with van der Waals surface area (Å²) >= 11 is 2.92. The number of allylic oxidation sites excluding steroid dienone is 18. The lowest BCUT2D eigenvalue weighted by molar-refractivity contribution is 0.100. The van der Waals surface area contributed by atoms with Crippen molar-refractivity contribution in [2.24, 2.45) is 10.7 Å². The van der Waals surface area contributed by atoms with E-state index in [4.69, 9.17) is 5.73 Å². The van der Waals surface area contributed by atoms with Gasteiger partial charge < -0.3 is 5.73 Å². The zero-order chi connectivity index (χ0) is 38.9. The molecule has 3 heterocycles. The van der Waals surface area contributed by atoms with Gasteiger partial charge in [-0.25, -0.2) is 4.99 Å². The molecule has 3 aliphatic rings. The highest BCUT2D eigenvalue weighted by Gasteiger charge is 2.52. The van der Waals surface area contributed by atoms with Crippen LogP contribution in [0.5, 0.6) is 0 Å². The standard InChI is InChI=1S/C49H40N2O2S2/c1-7-36-39-24-51-48(53)42-29-55-27-40(42)32(4)16-12-14-30(2)34(6)23-46(39)49(43-19-10-8-17-37(43)38-18-9-11-20-44(38)49)45(36)22-33(5)31(3)15-13-21-47(50)41-28-54-26-35(41)25-52/h7-29H,1-3,50H2,4-6H3/b14-12-,15-13-,32-16+,33-22+,34-23?,47-21-,51-24?. The fourth-order valence-corrected chi connectivity index (χ4v) is 9.30. The fourth-order valence-electron chi connectivity index (χ4n) is 7.62. The van der Waals surface area contributed by atoms with Gasteiger partial charge in [0.05, 0.1) is 11.0 Å². The predicted octanol–water partition coefficient (Wildman–Crippen LogP) is 12.1. The molecule has 1 aliphatic heterocycles. The topological polar surface area (TPSA) is 72.5 Å². The molecule has 0 radical (unpaired) electrons. The summed E-state index contributed by atoms with van der Waals surface area (Å²) < 4.78 is 0. The van der Waals surface area contributed by atoms with Crippen molar-refractivity contribution in [2.75, 3.05) is 0 Å². The second kappa shape index (κ2) is 15.3. The third-order valence-electron chi connectivity index (χ3n) is 10.5. The summed E-state index contributed by atoms with van der Waals surface area (Å²) in [4.78, 5) is 30.1. The lowest BCUT2D eigenvalue weighted by atomic mass is 9.67. The summed E-state index contributed by atoms with van der Waals surface area (Å²) in [5.74, 6) is -0.305. The molecule has 4 nitrogen and oxygen atoms in total. The molecule has 270 valence electrons. The molecule has 0 bridgehead atoms. The van der Waals surface area contributed by atoms with E-state index in [-0.39, 0.29) is 5.91 Å². The molecule has 2 aliphatic carbocycles. The molecule has 6 heteroatoms. The van der Waals surface area contributed by atoms with E-state index in [0.29, 0.717) is 22.4 Å². The highest BCUT2D eigenvalue weighted by Crippen LogP contribution is 2.62. The van der Waals surface area contributed by atoms with Crippen molar-refractivity contribution in [1.29, 1.82) is 0 Å². The van der Waals surface area contributed by atoms with Gasteiger partial charge in [-0.2, -0.15) is 22.7 Å². The third-order valence-corrected chi connectivity index (χ3v) is 12.0. The van der Waals surface area contributed by atoms with Crippen LogP contribution >= 0.6 is 22.7 Å². The van der Waals surface area contributed by atoms with Gasteiger partial charge in [0.2, 0.25) is 0 Å². The molecule has 7 rings (SSSR count). The lowest BCUT2D eigenvalue weighted by Crippen LogP contribution is -2.28. The Hall–Kier alpha value is -6.21. The molecule has 1 amide bonds. The molecule has 0 unspecified atom stereocenters. The van der Waals surface area contributed by atoms with Crippen LogP contribution in [0.15, 0.2) is 194 Å². The first kappa shape index (κ1) is 37.1. The Kier molecular flexibility index (Phi) is 10.3. The first-order valence-corrected chi connectivity index (χ1v) is 19.7. The quantitative estimate of drug-likeness (QED) is 0.151. The van der Waals surface area contributed by atoms with E-state index in [1.165, 1.54) is 22.7 Å². The van der Waals surface area contributed by atoms with E-state index in [1.807, 2.05) is 66.4 Å². The maximum absolute atomic E-state index is 13.9. The zero-order valence-electron chi connectivity index (χ0n) is 31.1. The maximum Gasteiger partial charge on any atom is 0.278 e. The van der Waals surface area contributed by atoms with Gasteiger partial charge in [0.25, 0.3) is 5.91 Å². The highest BCUT2D eigenvalue weighted by atomic mass is 32.1. The third kappa shape index (κ3) is 6.43. The molecule has 4 aromatic rings. The monoisotopic (exact) mass is 752 g/mol. The average Bonchev–Trinajstić information content (AvgIpc) is 3.98. The van der Waals surface area contributed by atoms with Gasteiger partial charge in [-0.1, -0.05) is 117 Å². The van der Waals surface area contributed by atoms with Gasteiger partial charge >= 0.3 is 0 Å². The van der Waals surface area contributed by atoms with Gasteiger partial charge in [-0.15, -0.1) is 0 Å². The van der Waals surface area contributed by atoms with Crippen molar-refractivity contribution in [3.8, 4) is 11.1 Å². The number of thiophene rings is 2. The van der Waals surface area contributed by atoms with Crippen molar-refractivity contribution in [1.82, 2.24) is 0 Å². The van der Waals surface area contributed by atoms with Crippen molar-refractivity contribution in [3.05, 3.63) is 222 Å². The summed E-state index contributed by atoms with van der Waals surface area (Å²) in [6, 6.07) is 17.1. The van der Waals surface area contributed by atoms with Crippen LogP contribution in [-0.2, 0) is 5.41 Å². The number of nitrogens with two attached hydrogens (primary N) is 1. The molecule has 1 spiro atoms. The molecule has 0 saturated heterocycles. The molecule has 2 aromatic carbocycles. The molecule has 55 heavy (non-hydrogen) atoms. The zero-order valence-corrected chi connectivity index (χ0v) is 32.7. The fraction of sp³-hybridized carbons (Fsp3) is 0.0816. The number of nitrogens with zero attached hydrogens (tertiary/aromatic N) is 1. The summed E-state index contributed by atoms with van der Waals surface area (Å²) in [5, 5.41) is 7.52. The van der Waals surface area contributed by atoms with Crippen LogP contribution in [0.25, 0.3) is 22.4 Å². The summed E-state index contributed by atoms with van der Waals surface area (Å²) in [6.07, 6.45) is 20.4. The molecule has 2 N–H and O–H groups in total. The largest absolute Gasteiger partial charge is 0.398 e. The Labute approximate surface area is 330 Å². The number of rotatable bonds is 7. The molecule has 0 atom stereocenters. The maximum atomic E-state index is 13.9. The van der Waals surface area contributed by atoms with Crippen molar-refractivity contribution in [2.45, 2.75) is 26.2 Å². The normalized spacial score (nSPS) is 18.4. The second-order valence-corrected chi connectivity index (χ2v) is 15.2. The molecular weight excluding hydrogens is 713 g/mol. The number of amides is 1. The minimum absolute atomic E-state index is 0.305. The smallest absolute Gasteiger partial charge is 0.278 e. The Bertz CT molecular complexity index is 2570. The highest BCUT2D eigenvalue weighted by molar-refractivity contribution is 7.08. The minimum Gasteiger partial charge on any atom is -0.398 e. The number of aliphatic imine (C=N–C) groups is 1. The number of carbonyl (C=O) groups is 2. The van der Waals surface area contributed by atoms with E-state index in [0.717, 1.165) is 84.3 Å². The van der Waals surface area contributed by atoms with Gasteiger partial charge in [0, 0.05) is 50.3 Å². The number of hydrogen-bond donors (Lipinski definition) is 1. The first-order chi connectivity index (χ1) is 26.6. The van der Waals surface area contributed by atoms with Gasteiger partial charge in [0.1, 0.15) is 0 Å². The molecule has 0 fully saturated rings. The van der Waals surface area contributed by atoms with E-state index in [1.54, 1.807) is 17.7 Å². The Morgan fingerprint density at radius 1 is 0.909 bits per heavy atom. The summed E-state index contributed by atoms with van der Waals surface area (Å²) in [5.41, 5.74) is 21.5. The summed E-state index contributed by atoms with van der Waals surface area (Å²) in [7, 11) is 0. The molecule has 2 aromatic heterocycles. The van der Waals surface area contributed by atoms with E-state index in [9.17, 15) is 9.59 Å². The SMILES string of the molecule is C=CC1=C(/C=C(\C)C(=C)/C=C\C=C(/N)c2cscc2C=O)C2(C3=C1C=NC(=O)c1cscc1/C(C)=C/C=C\C(=C)C(C)=C3)c1ccccc1-c1ccccc12. The van der Waals surface area contributed by atoms with Crippen molar-refractivity contribution < 1.29 is 9.59 Å². The van der Waals surface area contributed by atoms with Gasteiger partial charge in [-0.05, 0) is 99.1 Å². The Morgan fingerprint density at radius 3 is 2.27 bits per heavy atom. The van der Waals surface area contributed by atoms with Crippen molar-refractivity contribution in [3.63, 3.8) is 0 Å². The van der Waals surface area contributed by atoms with E-state index in [2.05, 4.69) is 92.3 Å². The van der Waals surface area contributed by atoms with Crippen LogP contribution < -0.4 is 5.73 Å². The van der Waals surface area contributed by atoms with Gasteiger partial charge in [0.15, 0.2) is 6.29 Å².